The van der Waals surface area contributed by atoms with E-state index >= 15 is 0 Å². The Morgan fingerprint density at radius 1 is 1.30 bits per heavy atom. The molecule has 104 valence electrons. The normalized spacial score (nSPS) is 11.2. The summed E-state index contributed by atoms with van der Waals surface area (Å²) >= 11 is 5.43. The molecule has 0 aliphatic carbocycles. The van der Waals surface area contributed by atoms with Gasteiger partial charge in [0.15, 0.2) is 10.4 Å². The zero-order valence-corrected chi connectivity index (χ0v) is 12.5. The first kappa shape index (κ1) is 12.9. The zero-order valence-electron chi connectivity index (χ0n) is 11.7. The van der Waals surface area contributed by atoms with Crippen molar-refractivity contribution < 1.29 is 4.74 Å². The molecule has 0 unspecified atom stereocenters. The van der Waals surface area contributed by atoms with Gasteiger partial charge >= 0.3 is 0 Å². The maximum absolute atomic E-state index is 5.46. The number of rotatable bonds is 3. The van der Waals surface area contributed by atoms with Gasteiger partial charge in [-0.2, -0.15) is 5.10 Å². The Labute approximate surface area is 121 Å². The molecule has 0 bridgehead atoms. The summed E-state index contributed by atoms with van der Waals surface area (Å²) in [7, 11) is 1.92. The van der Waals surface area contributed by atoms with Crippen LogP contribution in [0.4, 0.5) is 0 Å². The molecule has 3 rings (SSSR count). The summed E-state index contributed by atoms with van der Waals surface area (Å²) in [5.74, 6) is 0.857. The minimum absolute atomic E-state index is 0.661. The van der Waals surface area contributed by atoms with Gasteiger partial charge in [0.25, 0.3) is 0 Å². The quantitative estimate of drug-likeness (QED) is 0.753. The summed E-state index contributed by atoms with van der Waals surface area (Å²) in [6, 6.07) is 7.89. The number of imidazole rings is 1. The van der Waals surface area contributed by atoms with Crippen molar-refractivity contribution in [2.24, 2.45) is 7.05 Å². The van der Waals surface area contributed by atoms with Gasteiger partial charge in [-0.05, 0) is 50.3 Å². The molecule has 1 N–H and O–H groups in total. The van der Waals surface area contributed by atoms with Crippen LogP contribution in [-0.4, -0.2) is 25.9 Å². The molecule has 0 saturated carbocycles. The summed E-state index contributed by atoms with van der Waals surface area (Å²) in [4.78, 5) is 3.22. The van der Waals surface area contributed by atoms with Gasteiger partial charge in [-0.25, -0.2) is 4.68 Å². The number of aromatic amines is 1. The molecule has 5 nitrogen and oxygen atoms in total. The number of aromatic nitrogens is 4. The Morgan fingerprint density at radius 2 is 2.00 bits per heavy atom. The fourth-order valence-corrected chi connectivity index (χ4v) is 2.70. The largest absolute Gasteiger partial charge is 0.494 e. The first-order chi connectivity index (χ1) is 9.61. The lowest BCUT2D eigenvalue weighted by atomic mass is 10.3. The minimum atomic E-state index is 0.661. The van der Waals surface area contributed by atoms with E-state index in [1.54, 1.807) is 0 Å². The predicted octanol–water partition coefficient (Wildman–Crippen LogP) is 3.13. The van der Waals surface area contributed by atoms with Gasteiger partial charge in [-0.3, -0.25) is 4.57 Å². The molecule has 0 fully saturated rings. The fourth-order valence-electron chi connectivity index (χ4n) is 2.41. The van der Waals surface area contributed by atoms with Gasteiger partial charge in [0.1, 0.15) is 11.3 Å². The van der Waals surface area contributed by atoms with Gasteiger partial charge in [0.2, 0.25) is 0 Å². The summed E-state index contributed by atoms with van der Waals surface area (Å²) in [6.45, 7) is 4.60. The van der Waals surface area contributed by atoms with Crippen LogP contribution in [0.1, 0.15) is 12.6 Å². The number of nitrogens with one attached hydrogen (secondary N) is 1. The van der Waals surface area contributed by atoms with E-state index in [2.05, 4.69) is 10.1 Å². The number of fused-ring (bicyclic) bond motifs is 1. The zero-order chi connectivity index (χ0) is 14.3. The van der Waals surface area contributed by atoms with Crippen molar-refractivity contribution in [1.29, 1.82) is 0 Å². The standard InChI is InChI=1S/C14H16N4OS/c1-4-19-11-7-5-10(6-8-11)18-13-12(15-14(18)20)9(2)16-17(13)3/h5-8H,4H2,1-3H3,(H,15,20). The Kier molecular flexibility index (Phi) is 3.10. The third-order valence-corrected chi connectivity index (χ3v) is 3.53. The maximum Gasteiger partial charge on any atom is 0.184 e. The van der Waals surface area contributed by atoms with Crippen LogP contribution in [0.2, 0.25) is 0 Å². The van der Waals surface area contributed by atoms with Crippen molar-refractivity contribution in [2.75, 3.05) is 6.61 Å². The summed E-state index contributed by atoms with van der Waals surface area (Å²) in [6.07, 6.45) is 0. The first-order valence-corrected chi connectivity index (χ1v) is 6.90. The smallest absolute Gasteiger partial charge is 0.184 e. The lowest BCUT2D eigenvalue weighted by Crippen LogP contribution is -2.01. The molecule has 2 heterocycles. The van der Waals surface area contributed by atoms with Crippen LogP contribution in [0, 0.1) is 11.7 Å². The van der Waals surface area contributed by atoms with Crippen LogP contribution in [0.3, 0.4) is 0 Å². The average Bonchev–Trinajstić information content (AvgIpc) is 2.89. The third kappa shape index (κ3) is 1.92. The lowest BCUT2D eigenvalue weighted by molar-refractivity contribution is 0.340. The van der Waals surface area contributed by atoms with E-state index in [0.29, 0.717) is 11.4 Å². The molecule has 20 heavy (non-hydrogen) atoms. The predicted molar refractivity (Wildman–Crippen MR) is 81.1 cm³/mol. The van der Waals surface area contributed by atoms with E-state index in [1.807, 2.05) is 54.4 Å². The highest BCUT2D eigenvalue weighted by molar-refractivity contribution is 7.71. The van der Waals surface area contributed by atoms with Crippen LogP contribution >= 0.6 is 12.2 Å². The molecular weight excluding hydrogens is 272 g/mol. The van der Waals surface area contributed by atoms with E-state index in [0.717, 1.165) is 28.3 Å². The van der Waals surface area contributed by atoms with Crippen molar-refractivity contribution in [3.8, 4) is 11.4 Å². The second-order valence-electron chi connectivity index (χ2n) is 4.60. The number of aryl methyl sites for hydroxylation is 2. The van der Waals surface area contributed by atoms with Crippen molar-refractivity contribution in [3.63, 3.8) is 0 Å². The first-order valence-electron chi connectivity index (χ1n) is 6.49. The van der Waals surface area contributed by atoms with E-state index in [4.69, 9.17) is 17.0 Å². The SMILES string of the molecule is CCOc1ccc(-n2c(=S)[nH]c3c(C)nn(C)c32)cc1. The monoisotopic (exact) mass is 288 g/mol. The molecule has 2 aromatic heterocycles. The van der Waals surface area contributed by atoms with Crippen LogP contribution in [-0.2, 0) is 7.05 Å². The van der Waals surface area contributed by atoms with Gasteiger partial charge in [-0.15, -0.1) is 0 Å². The molecule has 0 aliphatic rings. The molecule has 0 atom stereocenters. The van der Waals surface area contributed by atoms with Crippen molar-refractivity contribution in [1.82, 2.24) is 19.3 Å². The number of benzene rings is 1. The molecule has 0 aliphatic heterocycles. The molecular formula is C14H16N4OS. The van der Waals surface area contributed by atoms with Gasteiger partial charge < -0.3 is 9.72 Å². The lowest BCUT2D eigenvalue weighted by Gasteiger charge is -2.07. The summed E-state index contributed by atoms with van der Waals surface area (Å²) in [5.41, 5.74) is 3.88. The highest BCUT2D eigenvalue weighted by Gasteiger charge is 2.13. The Balaban J connectivity index is 2.18. The Bertz CT molecular complexity index is 810. The summed E-state index contributed by atoms with van der Waals surface area (Å²) in [5, 5.41) is 4.42. The molecule has 0 amide bonds. The van der Waals surface area contributed by atoms with E-state index in [-0.39, 0.29) is 0 Å². The van der Waals surface area contributed by atoms with E-state index in [1.165, 1.54) is 0 Å². The average molecular weight is 288 g/mol. The Hall–Kier alpha value is -2.08. The second-order valence-corrected chi connectivity index (χ2v) is 4.99. The van der Waals surface area contributed by atoms with Crippen LogP contribution in [0.5, 0.6) is 5.75 Å². The topological polar surface area (TPSA) is 47.8 Å². The third-order valence-electron chi connectivity index (χ3n) is 3.24. The number of hydrogen-bond donors (Lipinski definition) is 1. The van der Waals surface area contributed by atoms with Gasteiger partial charge in [0.05, 0.1) is 18.0 Å². The number of H-pyrrole nitrogens is 1. The maximum atomic E-state index is 5.46. The number of nitrogens with zero attached hydrogens (tertiary/aromatic N) is 3. The molecule has 0 saturated heterocycles. The van der Waals surface area contributed by atoms with Crippen LogP contribution in [0.15, 0.2) is 24.3 Å². The van der Waals surface area contributed by atoms with E-state index < -0.39 is 0 Å². The van der Waals surface area contributed by atoms with Crippen molar-refractivity contribution in [2.45, 2.75) is 13.8 Å². The molecule has 0 radical (unpaired) electrons. The van der Waals surface area contributed by atoms with Gasteiger partial charge in [-0.1, -0.05) is 0 Å². The molecule has 6 heteroatoms. The number of hydrogen-bond acceptors (Lipinski definition) is 3. The summed E-state index contributed by atoms with van der Waals surface area (Å²) < 4.78 is 9.96. The van der Waals surface area contributed by atoms with Crippen LogP contribution in [0.25, 0.3) is 16.9 Å². The fraction of sp³-hybridized carbons (Fsp3) is 0.286. The molecule has 0 spiro atoms. The van der Waals surface area contributed by atoms with Gasteiger partial charge in [0, 0.05) is 7.05 Å². The molecule has 3 aromatic rings. The van der Waals surface area contributed by atoms with Crippen molar-refractivity contribution in [3.05, 3.63) is 34.7 Å². The highest BCUT2D eigenvalue weighted by atomic mass is 32.1. The molecule has 1 aromatic carbocycles. The second kappa shape index (κ2) is 4.79. The van der Waals surface area contributed by atoms with Crippen molar-refractivity contribution >= 4 is 23.4 Å². The Morgan fingerprint density at radius 3 is 2.65 bits per heavy atom. The minimum Gasteiger partial charge on any atom is -0.494 e. The highest BCUT2D eigenvalue weighted by Crippen LogP contribution is 2.23. The van der Waals surface area contributed by atoms with Crippen LogP contribution < -0.4 is 4.74 Å². The van der Waals surface area contributed by atoms with E-state index in [9.17, 15) is 0 Å². The number of ether oxygens (including phenoxy) is 1.